The fourth-order valence-corrected chi connectivity index (χ4v) is 5.21. The molecule has 8 nitrogen and oxygen atoms in total. The molecule has 1 atom stereocenters. The standard InChI is InChI=1S/C25H21BrN2O6S/c1-12-11-15(7-10-17(12)33-3)20(29)18-19(14-5-8-16(26)9-6-14)28(23(31)21(18)30)25-27-13(2)22(35-25)24(32)34-4/h5-11,19,29H,1-4H3. The molecule has 2 aromatic carbocycles. The molecule has 10 heteroatoms. The second-order valence-corrected chi connectivity index (χ2v) is 9.70. The van der Waals surface area contributed by atoms with Crippen molar-refractivity contribution in [1.82, 2.24) is 4.98 Å². The van der Waals surface area contributed by atoms with Gasteiger partial charge in [-0.1, -0.05) is 39.4 Å². The molecule has 1 amide bonds. The smallest absolute Gasteiger partial charge is 0.350 e. The van der Waals surface area contributed by atoms with E-state index >= 15 is 0 Å². The number of benzene rings is 2. The fraction of sp³-hybridized carbons (Fsp3) is 0.200. The molecule has 1 aliphatic rings. The highest BCUT2D eigenvalue weighted by Crippen LogP contribution is 2.44. The van der Waals surface area contributed by atoms with E-state index in [9.17, 15) is 19.5 Å². The molecule has 4 rings (SSSR count). The maximum atomic E-state index is 13.3. The van der Waals surface area contributed by atoms with Crippen LogP contribution in [0.2, 0.25) is 0 Å². The molecular formula is C25H21BrN2O6S. The second kappa shape index (κ2) is 9.63. The Kier molecular flexibility index (Phi) is 6.77. The van der Waals surface area contributed by atoms with Crippen LogP contribution in [0.4, 0.5) is 5.13 Å². The first-order valence-electron chi connectivity index (χ1n) is 10.4. The highest BCUT2D eigenvalue weighted by Gasteiger charge is 2.48. The third kappa shape index (κ3) is 4.35. The van der Waals surface area contributed by atoms with Crippen LogP contribution in [-0.4, -0.2) is 42.0 Å². The van der Waals surface area contributed by atoms with Gasteiger partial charge in [-0.2, -0.15) is 0 Å². The summed E-state index contributed by atoms with van der Waals surface area (Å²) in [7, 11) is 2.80. The molecule has 0 spiro atoms. The van der Waals surface area contributed by atoms with Gasteiger partial charge in [0.2, 0.25) is 0 Å². The molecule has 1 N–H and O–H groups in total. The van der Waals surface area contributed by atoms with E-state index in [2.05, 4.69) is 20.9 Å². The van der Waals surface area contributed by atoms with Gasteiger partial charge >= 0.3 is 11.9 Å². The van der Waals surface area contributed by atoms with E-state index in [1.54, 1.807) is 56.5 Å². The zero-order valence-corrected chi connectivity index (χ0v) is 21.7. The number of esters is 1. The van der Waals surface area contributed by atoms with Crippen LogP contribution in [0.5, 0.6) is 5.75 Å². The van der Waals surface area contributed by atoms with Gasteiger partial charge in [-0.3, -0.25) is 14.5 Å². The number of ketones is 1. The van der Waals surface area contributed by atoms with Crippen molar-refractivity contribution in [2.75, 3.05) is 19.1 Å². The number of hydrogen-bond acceptors (Lipinski definition) is 8. The zero-order chi connectivity index (χ0) is 25.4. The van der Waals surface area contributed by atoms with Crippen molar-refractivity contribution in [2.45, 2.75) is 19.9 Å². The molecule has 1 saturated heterocycles. The van der Waals surface area contributed by atoms with E-state index in [1.165, 1.54) is 12.0 Å². The van der Waals surface area contributed by atoms with Gasteiger partial charge < -0.3 is 14.6 Å². The molecular weight excluding hydrogens is 536 g/mol. The fourth-order valence-electron chi connectivity index (χ4n) is 3.94. The quantitative estimate of drug-likeness (QED) is 0.205. The molecule has 0 aliphatic carbocycles. The number of carbonyl (C=O) groups is 3. The van der Waals surface area contributed by atoms with Crippen LogP contribution in [-0.2, 0) is 14.3 Å². The summed E-state index contributed by atoms with van der Waals surface area (Å²) >= 11 is 4.35. The molecule has 180 valence electrons. The Balaban J connectivity index is 1.93. The Morgan fingerprint density at radius 1 is 1.11 bits per heavy atom. The summed E-state index contributed by atoms with van der Waals surface area (Å²) in [5, 5.41) is 11.4. The number of aliphatic hydroxyl groups is 1. The maximum Gasteiger partial charge on any atom is 0.350 e. The lowest BCUT2D eigenvalue weighted by Gasteiger charge is -2.23. The Hall–Kier alpha value is -3.50. The summed E-state index contributed by atoms with van der Waals surface area (Å²) in [6, 6.07) is 11.1. The zero-order valence-electron chi connectivity index (χ0n) is 19.3. The molecule has 35 heavy (non-hydrogen) atoms. The SMILES string of the molecule is COC(=O)c1sc(N2C(=O)C(=O)C(=C(O)c3ccc(OC)c(C)c3)C2c2ccc(Br)cc2)nc1C. The summed E-state index contributed by atoms with van der Waals surface area (Å²) in [4.78, 5) is 44.6. The van der Waals surface area contributed by atoms with Gasteiger partial charge in [0, 0.05) is 10.0 Å². The summed E-state index contributed by atoms with van der Waals surface area (Å²) in [5.41, 5.74) is 2.01. The molecule has 1 aliphatic heterocycles. The molecule has 3 aromatic rings. The first kappa shape index (κ1) is 24.6. The van der Waals surface area contributed by atoms with Gasteiger partial charge in [-0.05, 0) is 55.3 Å². The molecule has 1 fully saturated rings. The van der Waals surface area contributed by atoms with Crippen LogP contribution in [0.1, 0.15) is 38.1 Å². The van der Waals surface area contributed by atoms with E-state index in [1.807, 2.05) is 6.92 Å². The lowest BCUT2D eigenvalue weighted by molar-refractivity contribution is -0.132. The number of halogens is 1. The Labute approximate surface area is 213 Å². The predicted octanol–water partition coefficient (Wildman–Crippen LogP) is 4.94. The lowest BCUT2D eigenvalue weighted by atomic mass is 9.95. The highest BCUT2D eigenvalue weighted by molar-refractivity contribution is 9.10. The second-order valence-electron chi connectivity index (χ2n) is 7.81. The number of amides is 1. The minimum atomic E-state index is -0.957. The molecule has 1 unspecified atom stereocenters. The van der Waals surface area contributed by atoms with Crippen LogP contribution in [0, 0.1) is 13.8 Å². The highest BCUT2D eigenvalue weighted by atomic mass is 79.9. The number of nitrogens with zero attached hydrogens (tertiary/aromatic N) is 2. The van der Waals surface area contributed by atoms with Crippen LogP contribution in [0.25, 0.3) is 5.76 Å². The normalized spacial score (nSPS) is 17.1. The first-order valence-corrected chi connectivity index (χ1v) is 12.1. The monoisotopic (exact) mass is 556 g/mol. The van der Waals surface area contributed by atoms with Crippen LogP contribution >= 0.6 is 27.3 Å². The van der Waals surface area contributed by atoms with E-state index in [-0.39, 0.29) is 21.3 Å². The van der Waals surface area contributed by atoms with E-state index in [0.29, 0.717) is 22.6 Å². The van der Waals surface area contributed by atoms with Gasteiger partial charge in [-0.25, -0.2) is 9.78 Å². The molecule has 0 radical (unpaired) electrons. The first-order chi connectivity index (χ1) is 16.7. The largest absolute Gasteiger partial charge is 0.507 e. The number of anilines is 1. The lowest BCUT2D eigenvalue weighted by Crippen LogP contribution is -2.29. The Morgan fingerprint density at radius 3 is 2.40 bits per heavy atom. The number of carbonyl (C=O) groups excluding carboxylic acids is 3. The number of aliphatic hydroxyl groups excluding tert-OH is 1. The van der Waals surface area contributed by atoms with Crippen molar-refractivity contribution >= 4 is 55.8 Å². The predicted molar refractivity (Wildman–Crippen MR) is 135 cm³/mol. The minimum Gasteiger partial charge on any atom is -0.507 e. The van der Waals surface area contributed by atoms with Crippen LogP contribution in [0.15, 0.2) is 52.5 Å². The number of aromatic nitrogens is 1. The summed E-state index contributed by atoms with van der Waals surface area (Å²) in [5.74, 6) is -1.98. The van der Waals surface area contributed by atoms with Crippen molar-refractivity contribution in [3.8, 4) is 5.75 Å². The van der Waals surface area contributed by atoms with Gasteiger partial charge in [0.15, 0.2) is 5.13 Å². The number of methoxy groups -OCH3 is 2. The van der Waals surface area contributed by atoms with Crippen molar-refractivity contribution in [1.29, 1.82) is 0 Å². The average Bonchev–Trinajstić information content (AvgIpc) is 3.35. The van der Waals surface area contributed by atoms with Gasteiger partial charge in [0.05, 0.1) is 31.5 Å². The van der Waals surface area contributed by atoms with Gasteiger partial charge in [0.25, 0.3) is 5.78 Å². The topological polar surface area (TPSA) is 106 Å². The minimum absolute atomic E-state index is 0.0747. The summed E-state index contributed by atoms with van der Waals surface area (Å²) < 4.78 is 10.9. The number of hydrogen-bond donors (Lipinski definition) is 1. The van der Waals surface area contributed by atoms with Gasteiger partial charge in [-0.15, -0.1) is 0 Å². The van der Waals surface area contributed by atoms with Crippen molar-refractivity contribution in [3.05, 3.63) is 79.8 Å². The Bertz CT molecular complexity index is 1380. The number of rotatable bonds is 5. The number of Topliss-reactive ketones (excluding diaryl/α,β-unsaturated/α-hetero) is 1. The maximum absolute atomic E-state index is 13.3. The molecule has 0 bridgehead atoms. The van der Waals surface area contributed by atoms with Crippen molar-refractivity contribution in [2.24, 2.45) is 0 Å². The molecule has 1 aromatic heterocycles. The average molecular weight is 557 g/mol. The Morgan fingerprint density at radius 2 is 1.80 bits per heavy atom. The van der Waals surface area contributed by atoms with E-state index < -0.39 is 23.7 Å². The molecule has 2 heterocycles. The van der Waals surface area contributed by atoms with Crippen LogP contribution in [0.3, 0.4) is 0 Å². The number of ether oxygens (including phenoxy) is 2. The third-order valence-corrected chi connectivity index (χ3v) is 7.33. The third-order valence-electron chi connectivity index (χ3n) is 5.66. The summed E-state index contributed by atoms with van der Waals surface area (Å²) in [6.45, 7) is 3.44. The summed E-state index contributed by atoms with van der Waals surface area (Å²) in [6.07, 6.45) is 0. The van der Waals surface area contributed by atoms with Crippen LogP contribution < -0.4 is 9.64 Å². The van der Waals surface area contributed by atoms with E-state index in [0.717, 1.165) is 21.4 Å². The number of aryl methyl sites for hydroxylation is 2. The van der Waals surface area contributed by atoms with Crippen molar-refractivity contribution < 1.29 is 29.0 Å². The van der Waals surface area contributed by atoms with Gasteiger partial charge in [0.1, 0.15) is 16.4 Å². The number of thiazole rings is 1. The van der Waals surface area contributed by atoms with E-state index in [4.69, 9.17) is 9.47 Å². The van der Waals surface area contributed by atoms with Crippen molar-refractivity contribution in [3.63, 3.8) is 0 Å². The molecule has 0 saturated carbocycles.